The quantitative estimate of drug-likeness (QED) is 0.895. The number of carbonyl (C=O) groups excluding carboxylic acids is 1. The van der Waals surface area contributed by atoms with Crippen LogP contribution in [0.5, 0.6) is 0 Å². The fraction of sp³-hybridized carbons (Fsp3) is 0.562. The molecule has 3 rings (SSSR count). The number of nitrogens with zero attached hydrogens (tertiary/aromatic N) is 1. The molecule has 2 heterocycles. The number of benzene rings is 1. The van der Waals surface area contributed by atoms with E-state index in [2.05, 4.69) is 5.32 Å². The normalized spacial score (nSPS) is 21.4. The molecule has 20 heavy (non-hydrogen) atoms. The first-order valence-electron chi connectivity index (χ1n) is 7.40. The van der Waals surface area contributed by atoms with Gasteiger partial charge in [-0.15, -0.1) is 0 Å². The van der Waals surface area contributed by atoms with E-state index in [-0.39, 0.29) is 18.1 Å². The average molecular weight is 276 g/mol. The maximum Gasteiger partial charge on any atom is 0.227 e. The SMILES string of the molecule is O=C(Cc1ccccc1F)N1CCC2(CCNCC2)C1. The number of likely N-dealkylation sites (tertiary alicyclic amines) is 1. The third-order valence-electron chi connectivity index (χ3n) is 4.75. The lowest BCUT2D eigenvalue weighted by Crippen LogP contribution is -2.40. The molecule has 0 radical (unpaired) electrons. The number of piperidine rings is 1. The van der Waals surface area contributed by atoms with Gasteiger partial charge >= 0.3 is 0 Å². The summed E-state index contributed by atoms with van der Waals surface area (Å²) in [6.07, 6.45) is 3.58. The van der Waals surface area contributed by atoms with Crippen LogP contribution < -0.4 is 5.32 Å². The van der Waals surface area contributed by atoms with Crippen molar-refractivity contribution < 1.29 is 9.18 Å². The first kappa shape index (κ1) is 13.6. The Bertz CT molecular complexity index is 497. The Morgan fingerprint density at radius 2 is 2.00 bits per heavy atom. The predicted octanol–water partition coefficient (Wildman–Crippen LogP) is 1.97. The van der Waals surface area contributed by atoms with Crippen LogP contribution in [0.1, 0.15) is 24.8 Å². The number of amides is 1. The van der Waals surface area contributed by atoms with E-state index in [1.807, 2.05) is 4.90 Å². The molecule has 0 atom stereocenters. The summed E-state index contributed by atoms with van der Waals surface area (Å²) in [4.78, 5) is 14.3. The van der Waals surface area contributed by atoms with Gasteiger partial charge in [-0.05, 0) is 49.4 Å². The molecule has 1 N–H and O–H groups in total. The van der Waals surface area contributed by atoms with E-state index >= 15 is 0 Å². The van der Waals surface area contributed by atoms with Gasteiger partial charge in [0.1, 0.15) is 5.82 Å². The summed E-state index contributed by atoms with van der Waals surface area (Å²) in [7, 11) is 0. The molecule has 1 aromatic carbocycles. The third kappa shape index (κ3) is 2.70. The number of hydrogen-bond acceptors (Lipinski definition) is 2. The van der Waals surface area contributed by atoms with E-state index in [1.54, 1.807) is 18.2 Å². The maximum absolute atomic E-state index is 13.6. The molecule has 1 amide bonds. The molecule has 2 aliphatic heterocycles. The molecule has 2 aliphatic rings. The second-order valence-electron chi connectivity index (χ2n) is 6.08. The molecule has 108 valence electrons. The Labute approximate surface area is 119 Å². The number of halogens is 1. The molecule has 1 spiro atoms. The standard InChI is InChI=1S/C16H21FN2O/c17-14-4-2-1-3-13(14)11-15(20)19-10-7-16(12-19)5-8-18-9-6-16/h1-4,18H,5-12H2. The van der Waals surface area contributed by atoms with Crippen molar-refractivity contribution in [3.63, 3.8) is 0 Å². The van der Waals surface area contributed by atoms with Crippen LogP contribution in [0.3, 0.4) is 0 Å². The molecule has 4 heteroatoms. The minimum atomic E-state index is -0.281. The summed E-state index contributed by atoms with van der Waals surface area (Å²) < 4.78 is 13.6. The molecule has 3 nitrogen and oxygen atoms in total. The highest BCUT2D eigenvalue weighted by atomic mass is 19.1. The Hall–Kier alpha value is -1.42. The lowest BCUT2D eigenvalue weighted by molar-refractivity contribution is -0.130. The second kappa shape index (κ2) is 5.52. The van der Waals surface area contributed by atoms with E-state index in [0.29, 0.717) is 11.0 Å². The highest BCUT2D eigenvalue weighted by molar-refractivity contribution is 5.79. The Morgan fingerprint density at radius 1 is 1.25 bits per heavy atom. The van der Waals surface area contributed by atoms with Crippen molar-refractivity contribution in [2.24, 2.45) is 5.41 Å². The Balaban J connectivity index is 1.63. The van der Waals surface area contributed by atoms with E-state index in [9.17, 15) is 9.18 Å². The van der Waals surface area contributed by atoms with Crippen molar-refractivity contribution in [3.8, 4) is 0 Å². The molecule has 1 aromatic rings. The van der Waals surface area contributed by atoms with Crippen LogP contribution in [0.4, 0.5) is 4.39 Å². The van der Waals surface area contributed by atoms with E-state index in [4.69, 9.17) is 0 Å². The van der Waals surface area contributed by atoms with Crippen LogP contribution in [0.15, 0.2) is 24.3 Å². The highest BCUT2D eigenvalue weighted by Gasteiger charge is 2.40. The Morgan fingerprint density at radius 3 is 2.75 bits per heavy atom. The highest BCUT2D eigenvalue weighted by Crippen LogP contribution is 2.38. The van der Waals surface area contributed by atoms with Gasteiger partial charge in [-0.25, -0.2) is 4.39 Å². The zero-order valence-corrected chi connectivity index (χ0v) is 11.7. The van der Waals surface area contributed by atoms with Crippen molar-refractivity contribution in [1.29, 1.82) is 0 Å². The molecule has 0 aromatic heterocycles. The predicted molar refractivity (Wildman–Crippen MR) is 75.8 cm³/mol. The first-order valence-corrected chi connectivity index (χ1v) is 7.40. The van der Waals surface area contributed by atoms with Crippen molar-refractivity contribution in [2.75, 3.05) is 26.2 Å². The maximum atomic E-state index is 13.6. The molecule has 0 unspecified atom stereocenters. The minimum Gasteiger partial charge on any atom is -0.342 e. The number of hydrogen-bond donors (Lipinski definition) is 1. The van der Waals surface area contributed by atoms with Gasteiger partial charge in [-0.1, -0.05) is 18.2 Å². The number of carbonyl (C=O) groups is 1. The van der Waals surface area contributed by atoms with Crippen LogP contribution in [-0.4, -0.2) is 37.0 Å². The fourth-order valence-electron chi connectivity index (χ4n) is 3.43. The van der Waals surface area contributed by atoms with Gasteiger partial charge in [0, 0.05) is 13.1 Å². The van der Waals surface area contributed by atoms with E-state index < -0.39 is 0 Å². The van der Waals surface area contributed by atoms with Crippen LogP contribution in [-0.2, 0) is 11.2 Å². The molecule has 0 bridgehead atoms. The van der Waals surface area contributed by atoms with Gasteiger partial charge in [0.2, 0.25) is 5.91 Å². The van der Waals surface area contributed by atoms with Gasteiger partial charge in [0.15, 0.2) is 0 Å². The van der Waals surface area contributed by atoms with Crippen LogP contribution in [0, 0.1) is 11.2 Å². The van der Waals surface area contributed by atoms with Gasteiger partial charge in [0.05, 0.1) is 6.42 Å². The van der Waals surface area contributed by atoms with Gasteiger partial charge in [-0.2, -0.15) is 0 Å². The van der Waals surface area contributed by atoms with Crippen molar-refractivity contribution in [3.05, 3.63) is 35.6 Å². The van der Waals surface area contributed by atoms with Crippen LogP contribution in [0.25, 0.3) is 0 Å². The first-order chi connectivity index (χ1) is 9.69. The Kier molecular flexibility index (Phi) is 3.74. The van der Waals surface area contributed by atoms with Crippen LogP contribution in [0.2, 0.25) is 0 Å². The van der Waals surface area contributed by atoms with Crippen molar-refractivity contribution >= 4 is 5.91 Å². The molecule has 2 saturated heterocycles. The zero-order valence-electron chi connectivity index (χ0n) is 11.7. The smallest absolute Gasteiger partial charge is 0.227 e. The largest absolute Gasteiger partial charge is 0.342 e. The lowest BCUT2D eigenvalue weighted by atomic mass is 9.78. The minimum absolute atomic E-state index is 0.0607. The lowest BCUT2D eigenvalue weighted by Gasteiger charge is -2.33. The van der Waals surface area contributed by atoms with Gasteiger partial charge in [-0.3, -0.25) is 4.79 Å². The number of rotatable bonds is 2. The van der Waals surface area contributed by atoms with Crippen molar-refractivity contribution in [2.45, 2.75) is 25.7 Å². The molecular formula is C16H21FN2O. The molecular weight excluding hydrogens is 255 g/mol. The summed E-state index contributed by atoms with van der Waals surface area (Å²) in [6.45, 7) is 3.78. The fourth-order valence-corrected chi connectivity index (χ4v) is 3.43. The van der Waals surface area contributed by atoms with Crippen molar-refractivity contribution in [1.82, 2.24) is 10.2 Å². The summed E-state index contributed by atoms with van der Waals surface area (Å²) in [5.74, 6) is -0.220. The summed E-state index contributed by atoms with van der Waals surface area (Å²) in [5, 5.41) is 3.37. The zero-order chi connectivity index (χ0) is 14.0. The third-order valence-corrected chi connectivity index (χ3v) is 4.75. The summed E-state index contributed by atoms with van der Waals surface area (Å²) >= 11 is 0. The average Bonchev–Trinajstić information content (AvgIpc) is 2.86. The van der Waals surface area contributed by atoms with E-state index in [1.165, 1.54) is 6.07 Å². The molecule has 2 fully saturated rings. The van der Waals surface area contributed by atoms with Gasteiger partial charge in [0.25, 0.3) is 0 Å². The van der Waals surface area contributed by atoms with Gasteiger partial charge < -0.3 is 10.2 Å². The number of nitrogens with one attached hydrogen (secondary N) is 1. The van der Waals surface area contributed by atoms with Crippen LogP contribution >= 0.6 is 0 Å². The summed E-state index contributed by atoms with van der Waals surface area (Å²) in [6, 6.07) is 6.55. The summed E-state index contributed by atoms with van der Waals surface area (Å²) in [5.41, 5.74) is 0.819. The molecule has 0 aliphatic carbocycles. The monoisotopic (exact) mass is 276 g/mol. The second-order valence-corrected chi connectivity index (χ2v) is 6.08. The topological polar surface area (TPSA) is 32.3 Å². The van der Waals surface area contributed by atoms with E-state index in [0.717, 1.165) is 45.4 Å². The molecule has 0 saturated carbocycles.